The second-order valence-corrected chi connectivity index (χ2v) is 4.32. The molecule has 2 rings (SSSR count). The van der Waals surface area contributed by atoms with Gasteiger partial charge in [-0.2, -0.15) is 5.10 Å². The number of carbonyl (C=O) groups excluding carboxylic acids is 1. The fourth-order valence-corrected chi connectivity index (χ4v) is 1.84. The molecule has 0 aliphatic heterocycles. The standard InChI is InChI=1S/C14H13N3O3/c1-10-8-12(16(2)15-10)9-13(17(19)20)14(18)11-6-4-3-5-7-11/h3-9H,1-2H3. The summed E-state index contributed by atoms with van der Waals surface area (Å²) >= 11 is 0. The van der Waals surface area contributed by atoms with E-state index in [-0.39, 0.29) is 5.56 Å². The molecule has 0 bridgehead atoms. The zero-order valence-corrected chi connectivity index (χ0v) is 11.1. The molecule has 1 heterocycles. The molecule has 0 radical (unpaired) electrons. The summed E-state index contributed by atoms with van der Waals surface area (Å²) < 4.78 is 1.50. The van der Waals surface area contributed by atoms with Crippen LogP contribution in [0.3, 0.4) is 0 Å². The number of aromatic nitrogens is 2. The Morgan fingerprint density at radius 1 is 1.35 bits per heavy atom. The highest BCUT2D eigenvalue weighted by Gasteiger charge is 2.24. The van der Waals surface area contributed by atoms with Crippen LogP contribution in [-0.4, -0.2) is 20.5 Å². The van der Waals surface area contributed by atoms with Gasteiger partial charge in [-0.3, -0.25) is 19.6 Å². The van der Waals surface area contributed by atoms with E-state index < -0.39 is 16.4 Å². The topological polar surface area (TPSA) is 78.0 Å². The van der Waals surface area contributed by atoms with Gasteiger partial charge in [0.05, 0.1) is 16.3 Å². The molecule has 0 aliphatic rings. The molecule has 0 fully saturated rings. The van der Waals surface area contributed by atoms with E-state index in [9.17, 15) is 14.9 Å². The number of nitrogens with zero attached hydrogens (tertiary/aromatic N) is 3. The van der Waals surface area contributed by atoms with E-state index in [0.29, 0.717) is 5.69 Å². The lowest BCUT2D eigenvalue weighted by atomic mass is 10.1. The molecule has 0 saturated carbocycles. The highest BCUT2D eigenvalue weighted by Crippen LogP contribution is 2.14. The molecule has 1 aromatic carbocycles. The van der Waals surface area contributed by atoms with Gasteiger partial charge in [0.15, 0.2) is 0 Å². The van der Waals surface area contributed by atoms with Crippen molar-refractivity contribution >= 4 is 11.9 Å². The predicted octanol–water partition coefficient (Wildman–Crippen LogP) is 2.23. The van der Waals surface area contributed by atoms with Crippen molar-refractivity contribution in [3.63, 3.8) is 0 Å². The number of rotatable bonds is 4. The number of hydrogen-bond donors (Lipinski definition) is 0. The first-order chi connectivity index (χ1) is 9.49. The quantitative estimate of drug-likeness (QED) is 0.370. The Hall–Kier alpha value is -2.76. The van der Waals surface area contributed by atoms with Crippen LogP contribution in [0.25, 0.3) is 6.08 Å². The lowest BCUT2D eigenvalue weighted by Crippen LogP contribution is -2.12. The number of ketones is 1. The number of benzene rings is 1. The van der Waals surface area contributed by atoms with Gasteiger partial charge in [-0.05, 0) is 13.0 Å². The SMILES string of the molecule is Cc1cc(C=C(C(=O)c2ccccc2)[N+](=O)[O-])n(C)n1. The van der Waals surface area contributed by atoms with E-state index in [1.54, 1.807) is 50.4 Å². The van der Waals surface area contributed by atoms with Gasteiger partial charge in [-0.25, -0.2) is 0 Å². The van der Waals surface area contributed by atoms with Gasteiger partial charge < -0.3 is 0 Å². The maximum Gasteiger partial charge on any atom is 0.319 e. The predicted molar refractivity (Wildman–Crippen MR) is 73.7 cm³/mol. The molecular weight excluding hydrogens is 258 g/mol. The summed E-state index contributed by atoms with van der Waals surface area (Å²) in [6.07, 6.45) is 1.25. The summed E-state index contributed by atoms with van der Waals surface area (Å²) in [5.74, 6) is -0.616. The highest BCUT2D eigenvalue weighted by atomic mass is 16.6. The zero-order valence-electron chi connectivity index (χ0n) is 11.1. The fraction of sp³-hybridized carbons (Fsp3) is 0.143. The smallest absolute Gasteiger partial charge is 0.282 e. The lowest BCUT2D eigenvalue weighted by molar-refractivity contribution is -0.415. The molecule has 0 unspecified atom stereocenters. The minimum Gasteiger partial charge on any atom is -0.282 e. The summed E-state index contributed by atoms with van der Waals surface area (Å²) in [6, 6.07) is 9.86. The Balaban J connectivity index is 2.45. The Labute approximate surface area is 115 Å². The van der Waals surface area contributed by atoms with E-state index in [2.05, 4.69) is 5.10 Å². The Morgan fingerprint density at radius 2 is 2.00 bits per heavy atom. The van der Waals surface area contributed by atoms with Crippen LogP contribution in [-0.2, 0) is 7.05 Å². The molecule has 1 aromatic heterocycles. The number of Topliss-reactive ketones (excluding diaryl/α,β-unsaturated/α-hetero) is 1. The monoisotopic (exact) mass is 271 g/mol. The molecular formula is C14H13N3O3. The molecule has 0 aliphatic carbocycles. The normalized spacial score (nSPS) is 11.4. The van der Waals surface area contributed by atoms with Crippen molar-refractivity contribution in [2.45, 2.75) is 6.92 Å². The van der Waals surface area contributed by atoms with Gasteiger partial charge >= 0.3 is 5.70 Å². The first-order valence-corrected chi connectivity index (χ1v) is 5.95. The molecule has 6 nitrogen and oxygen atoms in total. The summed E-state index contributed by atoms with van der Waals surface area (Å²) in [5, 5.41) is 15.2. The van der Waals surface area contributed by atoms with Gasteiger partial charge in [0.1, 0.15) is 0 Å². The summed E-state index contributed by atoms with van der Waals surface area (Å²) in [5.41, 5.74) is 1.06. The molecule has 102 valence electrons. The van der Waals surface area contributed by atoms with E-state index in [1.165, 1.54) is 10.8 Å². The summed E-state index contributed by atoms with van der Waals surface area (Å²) in [6.45, 7) is 1.78. The average molecular weight is 271 g/mol. The van der Waals surface area contributed by atoms with Crippen molar-refractivity contribution < 1.29 is 9.72 Å². The maximum absolute atomic E-state index is 12.2. The zero-order chi connectivity index (χ0) is 14.7. The maximum atomic E-state index is 12.2. The van der Waals surface area contributed by atoms with Crippen LogP contribution in [0.4, 0.5) is 0 Å². The number of nitro groups is 1. The number of allylic oxidation sites excluding steroid dienone is 1. The molecule has 0 saturated heterocycles. The Morgan fingerprint density at radius 3 is 2.50 bits per heavy atom. The van der Waals surface area contributed by atoms with Crippen LogP contribution in [0.2, 0.25) is 0 Å². The Bertz CT molecular complexity index is 687. The lowest BCUT2D eigenvalue weighted by Gasteiger charge is -1.99. The average Bonchev–Trinajstić information content (AvgIpc) is 2.74. The van der Waals surface area contributed by atoms with E-state index in [4.69, 9.17) is 0 Å². The van der Waals surface area contributed by atoms with Crippen molar-refractivity contribution in [2.75, 3.05) is 0 Å². The first kappa shape index (κ1) is 13.7. The van der Waals surface area contributed by atoms with Crippen molar-refractivity contribution in [2.24, 2.45) is 7.05 Å². The van der Waals surface area contributed by atoms with E-state index >= 15 is 0 Å². The van der Waals surface area contributed by atoms with Crippen LogP contribution in [0.1, 0.15) is 21.7 Å². The van der Waals surface area contributed by atoms with Gasteiger partial charge in [0, 0.05) is 18.7 Å². The number of carbonyl (C=O) groups is 1. The summed E-state index contributed by atoms with van der Waals surface area (Å²) in [7, 11) is 1.67. The third-order valence-corrected chi connectivity index (χ3v) is 2.79. The minimum atomic E-state index is -0.669. The van der Waals surface area contributed by atoms with Crippen LogP contribution in [0.15, 0.2) is 42.1 Å². The molecule has 0 spiro atoms. The van der Waals surface area contributed by atoms with E-state index in [1.807, 2.05) is 0 Å². The van der Waals surface area contributed by atoms with Crippen molar-refractivity contribution in [1.29, 1.82) is 0 Å². The molecule has 20 heavy (non-hydrogen) atoms. The van der Waals surface area contributed by atoms with Crippen LogP contribution in [0, 0.1) is 17.0 Å². The fourth-order valence-electron chi connectivity index (χ4n) is 1.84. The van der Waals surface area contributed by atoms with Crippen LogP contribution >= 0.6 is 0 Å². The van der Waals surface area contributed by atoms with E-state index in [0.717, 1.165) is 5.69 Å². The number of hydrogen-bond acceptors (Lipinski definition) is 4. The summed E-state index contributed by atoms with van der Waals surface area (Å²) in [4.78, 5) is 22.6. The second-order valence-electron chi connectivity index (χ2n) is 4.32. The first-order valence-electron chi connectivity index (χ1n) is 5.95. The van der Waals surface area contributed by atoms with Gasteiger partial charge in [-0.1, -0.05) is 30.3 Å². The van der Waals surface area contributed by atoms with Crippen LogP contribution in [0.5, 0.6) is 0 Å². The third kappa shape index (κ3) is 2.80. The third-order valence-electron chi connectivity index (χ3n) is 2.79. The minimum absolute atomic E-state index is 0.286. The molecule has 0 atom stereocenters. The second kappa shape index (κ2) is 5.48. The molecule has 0 N–H and O–H groups in total. The van der Waals surface area contributed by atoms with Crippen molar-refractivity contribution in [1.82, 2.24) is 9.78 Å². The molecule has 0 amide bonds. The highest BCUT2D eigenvalue weighted by molar-refractivity contribution is 6.09. The van der Waals surface area contributed by atoms with Gasteiger partial charge in [0.25, 0.3) is 5.78 Å². The molecule has 6 heteroatoms. The Kier molecular flexibility index (Phi) is 3.74. The number of aryl methyl sites for hydroxylation is 2. The largest absolute Gasteiger partial charge is 0.319 e. The van der Waals surface area contributed by atoms with Gasteiger partial charge in [-0.15, -0.1) is 0 Å². The van der Waals surface area contributed by atoms with Crippen LogP contribution < -0.4 is 0 Å². The van der Waals surface area contributed by atoms with Gasteiger partial charge in [0.2, 0.25) is 0 Å². The van der Waals surface area contributed by atoms with Crippen molar-refractivity contribution in [3.05, 3.63) is 69.2 Å². The van der Waals surface area contributed by atoms with Crippen molar-refractivity contribution in [3.8, 4) is 0 Å². The molecule has 2 aromatic rings.